The molecule has 0 aliphatic rings. The van der Waals surface area contributed by atoms with Crippen LogP contribution in [0.2, 0.25) is 0 Å². The number of para-hydroxylation sites is 2. The van der Waals surface area contributed by atoms with Gasteiger partial charge in [0.2, 0.25) is 0 Å². The molecule has 0 aliphatic heterocycles. The van der Waals surface area contributed by atoms with E-state index >= 15 is 0 Å². The van der Waals surface area contributed by atoms with Crippen LogP contribution in [0.3, 0.4) is 0 Å². The zero-order valence-corrected chi connectivity index (χ0v) is 26.2. The average molecular weight is 611 g/mol. The van der Waals surface area contributed by atoms with Gasteiger partial charge >= 0.3 is 0 Å². The fourth-order valence-corrected chi connectivity index (χ4v) is 7.80. The van der Waals surface area contributed by atoms with E-state index in [1.165, 1.54) is 76.6 Å². The van der Waals surface area contributed by atoms with Crippen LogP contribution in [-0.2, 0) is 0 Å². The Bertz CT molecular complexity index is 2590. The van der Waals surface area contributed by atoms with Crippen LogP contribution in [-0.4, -0.2) is 9.13 Å². The Kier molecular flexibility index (Phi) is 5.91. The molecular weight excluding hydrogens is 581 g/mol. The van der Waals surface area contributed by atoms with Gasteiger partial charge in [0, 0.05) is 32.9 Å². The van der Waals surface area contributed by atoms with Crippen LogP contribution in [0.1, 0.15) is 0 Å². The summed E-state index contributed by atoms with van der Waals surface area (Å²) in [7, 11) is 0. The van der Waals surface area contributed by atoms with Gasteiger partial charge in [-0.1, -0.05) is 146 Å². The topological polar surface area (TPSA) is 9.86 Å². The van der Waals surface area contributed by atoms with E-state index in [0.29, 0.717) is 0 Å². The van der Waals surface area contributed by atoms with E-state index < -0.39 is 0 Å². The third-order valence-electron chi connectivity index (χ3n) is 9.90. The highest BCUT2D eigenvalue weighted by Crippen LogP contribution is 2.46. The van der Waals surface area contributed by atoms with Gasteiger partial charge in [0.05, 0.1) is 22.1 Å². The Morgan fingerprint density at radius 1 is 0.250 bits per heavy atom. The molecule has 0 amide bonds. The number of hydrogen-bond donors (Lipinski definition) is 0. The quantitative estimate of drug-likeness (QED) is 0.188. The summed E-state index contributed by atoms with van der Waals surface area (Å²) in [5.41, 5.74) is 12.0. The average Bonchev–Trinajstić information content (AvgIpc) is 3.70. The number of nitrogens with zero attached hydrogens (tertiary/aromatic N) is 2. The van der Waals surface area contributed by atoms with Crippen molar-refractivity contribution in [1.29, 1.82) is 0 Å². The molecule has 2 heterocycles. The minimum absolute atomic E-state index is 1.15. The van der Waals surface area contributed by atoms with Gasteiger partial charge in [0.1, 0.15) is 0 Å². The molecule has 224 valence electrons. The van der Waals surface area contributed by atoms with Crippen LogP contribution >= 0.6 is 0 Å². The third kappa shape index (κ3) is 3.93. The molecule has 0 spiro atoms. The highest BCUT2D eigenvalue weighted by molar-refractivity contribution is 6.36. The molecule has 8 aromatic carbocycles. The number of rotatable bonds is 4. The van der Waals surface area contributed by atoms with Crippen molar-refractivity contribution < 1.29 is 0 Å². The van der Waals surface area contributed by atoms with Crippen molar-refractivity contribution in [3.63, 3.8) is 0 Å². The molecule has 10 rings (SSSR count). The number of aromatic nitrogens is 2. The van der Waals surface area contributed by atoms with Crippen molar-refractivity contribution in [2.45, 2.75) is 0 Å². The van der Waals surface area contributed by atoms with Crippen LogP contribution in [0.4, 0.5) is 0 Å². The van der Waals surface area contributed by atoms with Gasteiger partial charge in [-0.3, -0.25) is 0 Å². The van der Waals surface area contributed by atoms with Gasteiger partial charge in [-0.05, 0) is 69.4 Å². The molecule has 2 aromatic heterocycles. The van der Waals surface area contributed by atoms with E-state index in [4.69, 9.17) is 0 Å². The lowest BCUT2D eigenvalue weighted by molar-refractivity contribution is 1.15. The van der Waals surface area contributed by atoms with Crippen LogP contribution in [0.15, 0.2) is 182 Å². The molecule has 0 saturated heterocycles. The van der Waals surface area contributed by atoms with E-state index in [1.807, 2.05) is 0 Å². The van der Waals surface area contributed by atoms with Crippen molar-refractivity contribution >= 4 is 54.4 Å². The molecule has 0 fully saturated rings. The molecule has 0 N–H and O–H groups in total. The standard InChI is InChI=1S/C46H30N2/c1-3-13-31(14-4-1)33-23-27-35(28-24-33)47-41-21-11-9-19-39(41)43-37-17-7-8-18-38(37)44-40-20-10-12-22-42(40)48(46(44)45(43)47)36-29-25-34(26-30-36)32-15-5-2-6-16-32/h1-30H. The van der Waals surface area contributed by atoms with Gasteiger partial charge in [0.25, 0.3) is 0 Å². The lowest BCUT2D eigenvalue weighted by Gasteiger charge is -2.15. The summed E-state index contributed by atoms with van der Waals surface area (Å²) in [6.45, 7) is 0. The highest BCUT2D eigenvalue weighted by Gasteiger charge is 2.24. The molecule has 0 aliphatic carbocycles. The van der Waals surface area contributed by atoms with Crippen molar-refractivity contribution in [3.8, 4) is 33.6 Å². The van der Waals surface area contributed by atoms with Gasteiger partial charge in [-0.2, -0.15) is 0 Å². The van der Waals surface area contributed by atoms with Crippen molar-refractivity contribution in [2.75, 3.05) is 0 Å². The molecule has 10 aromatic rings. The molecule has 48 heavy (non-hydrogen) atoms. The predicted octanol–water partition coefficient (Wildman–Crippen LogP) is 12.4. The normalized spacial score (nSPS) is 11.8. The first-order valence-electron chi connectivity index (χ1n) is 16.5. The summed E-state index contributed by atoms with van der Waals surface area (Å²) in [6.07, 6.45) is 0. The van der Waals surface area contributed by atoms with Crippen LogP contribution in [0.25, 0.3) is 88.0 Å². The Morgan fingerprint density at radius 3 is 0.958 bits per heavy atom. The van der Waals surface area contributed by atoms with E-state index in [1.54, 1.807) is 0 Å². The van der Waals surface area contributed by atoms with Crippen LogP contribution in [0.5, 0.6) is 0 Å². The molecule has 0 atom stereocenters. The second-order valence-electron chi connectivity index (χ2n) is 12.5. The summed E-state index contributed by atoms with van der Waals surface area (Å²) in [5.74, 6) is 0. The summed E-state index contributed by atoms with van der Waals surface area (Å²) in [4.78, 5) is 0. The van der Waals surface area contributed by atoms with Crippen LogP contribution < -0.4 is 0 Å². The maximum absolute atomic E-state index is 2.49. The van der Waals surface area contributed by atoms with Gasteiger partial charge in [-0.15, -0.1) is 0 Å². The highest BCUT2D eigenvalue weighted by atomic mass is 15.0. The first-order valence-corrected chi connectivity index (χ1v) is 16.5. The first kappa shape index (κ1) is 26.8. The maximum atomic E-state index is 2.49. The fraction of sp³-hybridized carbons (Fsp3) is 0. The zero-order valence-electron chi connectivity index (χ0n) is 26.2. The lowest BCUT2D eigenvalue weighted by atomic mass is 9.98. The van der Waals surface area contributed by atoms with Crippen molar-refractivity contribution in [1.82, 2.24) is 9.13 Å². The van der Waals surface area contributed by atoms with E-state index in [-0.39, 0.29) is 0 Å². The predicted molar refractivity (Wildman–Crippen MR) is 203 cm³/mol. The largest absolute Gasteiger partial charge is 0.307 e. The molecule has 2 nitrogen and oxygen atoms in total. The second kappa shape index (κ2) is 10.6. The van der Waals surface area contributed by atoms with Gasteiger partial charge in [-0.25, -0.2) is 0 Å². The van der Waals surface area contributed by atoms with E-state index in [9.17, 15) is 0 Å². The molecular formula is C46H30N2. The summed E-state index contributed by atoms with van der Waals surface area (Å²) >= 11 is 0. The summed E-state index contributed by atoms with van der Waals surface area (Å²) < 4.78 is 4.98. The fourth-order valence-electron chi connectivity index (χ4n) is 7.80. The monoisotopic (exact) mass is 610 g/mol. The minimum atomic E-state index is 1.15. The first-order chi connectivity index (χ1) is 23.8. The van der Waals surface area contributed by atoms with Gasteiger partial charge < -0.3 is 9.13 Å². The Morgan fingerprint density at radius 2 is 0.562 bits per heavy atom. The SMILES string of the molecule is c1ccc(-c2ccc(-n3c4ccccc4c4c5ccccc5c5c6ccccc6n(-c6ccc(-c7ccccc7)cc6)c5c43)cc2)cc1. The Balaban J connectivity index is 1.36. The van der Waals surface area contributed by atoms with Crippen LogP contribution in [0, 0.1) is 0 Å². The summed E-state index contributed by atoms with van der Waals surface area (Å²) in [5, 5.41) is 7.64. The van der Waals surface area contributed by atoms with E-state index in [2.05, 4.69) is 191 Å². The molecule has 0 unspecified atom stereocenters. The number of hydrogen-bond acceptors (Lipinski definition) is 0. The molecule has 0 bridgehead atoms. The zero-order chi connectivity index (χ0) is 31.6. The number of benzene rings is 8. The lowest BCUT2D eigenvalue weighted by Crippen LogP contribution is -1.99. The van der Waals surface area contributed by atoms with E-state index in [0.717, 1.165) is 11.4 Å². The molecule has 0 saturated carbocycles. The third-order valence-corrected chi connectivity index (χ3v) is 9.90. The number of fused-ring (bicyclic) bond motifs is 10. The maximum Gasteiger partial charge on any atom is 0.0795 e. The molecule has 2 heteroatoms. The van der Waals surface area contributed by atoms with Crippen molar-refractivity contribution in [3.05, 3.63) is 182 Å². The van der Waals surface area contributed by atoms with Crippen molar-refractivity contribution in [2.24, 2.45) is 0 Å². The molecule has 0 radical (unpaired) electrons. The van der Waals surface area contributed by atoms with Gasteiger partial charge in [0.15, 0.2) is 0 Å². The Hall–Kier alpha value is -6.38. The minimum Gasteiger partial charge on any atom is -0.307 e. The second-order valence-corrected chi connectivity index (χ2v) is 12.5. The summed E-state index contributed by atoms with van der Waals surface area (Å²) in [6, 6.07) is 66.0. The Labute approximate surface area is 278 Å². The smallest absolute Gasteiger partial charge is 0.0795 e.